The molecule has 1 aliphatic carbocycles. The van der Waals surface area contributed by atoms with E-state index in [1.165, 1.54) is 12.4 Å². The molecule has 0 saturated heterocycles. The summed E-state index contributed by atoms with van der Waals surface area (Å²) in [4.78, 5) is 24.9. The van der Waals surface area contributed by atoms with Crippen molar-refractivity contribution in [3.05, 3.63) is 35.3 Å². The van der Waals surface area contributed by atoms with Crippen LogP contribution in [-0.2, 0) is 15.1 Å². The van der Waals surface area contributed by atoms with Crippen molar-refractivity contribution in [2.24, 2.45) is 5.92 Å². The van der Waals surface area contributed by atoms with Gasteiger partial charge < -0.3 is 20.6 Å². The predicted molar refractivity (Wildman–Crippen MR) is 97.1 cm³/mol. The van der Waals surface area contributed by atoms with Crippen molar-refractivity contribution < 1.29 is 19.1 Å². The molecule has 1 fully saturated rings. The highest BCUT2D eigenvalue weighted by atomic mass is 16.6. The zero-order valence-electron chi connectivity index (χ0n) is 16.2. The van der Waals surface area contributed by atoms with Crippen molar-refractivity contribution in [2.45, 2.75) is 71.1 Å². The molecule has 1 unspecified atom stereocenters. The van der Waals surface area contributed by atoms with E-state index in [9.17, 15) is 14.8 Å². The maximum Gasteiger partial charge on any atom is 0.408 e. The molecule has 1 aliphatic rings. The summed E-state index contributed by atoms with van der Waals surface area (Å²) in [7, 11) is 0. The van der Waals surface area contributed by atoms with E-state index in [1.54, 1.807) is 26.8 Å². The topological polar surface area (TPSA) is 94.4 Å². The fourth-order valence-corrected chi connectivity index (χ4v) is 2.82. The minimum absolute atomic E-state index is 0.219. The van der Waals surface area contributed by atoms with E-state index in [0.717, 1.165) is 23.1 Å². The Hall–Kier alpha value is -2.31. The average molecular weight is 363 g/mol. The average Bonchev–Trinajstić information content (AvgIpc) is 3.25. The lowest BCUT2D eigenvalue weighted by atomic mass is 10.0. The number of alkyl carbamates (subject to hydrolysis) is 1. The molecule has 0 aromatic carbocycles. The highest BCUT2D eigenvalue weighted by Gasteiger charge is 2.48. The zero-order chi connectivity index (χ0) is 19.5. The number of ether oxygens (including phenoxy) is 1. The first-order valence-electron chi connectivity index (χ1n) is 9.02. The van der Waals surface area contributed by atoms with Gasteiger partial charge in [0.05, 0.1) is 5.54 Å². The number of rotatable bonds is 6. The Kier molecular flexibility index (Phi) is 5.78. The second-order valence-corrected chi connectivity index (χ2v) is 8.35. The lowest BCUT2D eigenvalue weighted by Crippen LogP contribution is -2.51. The number of aromatic nitrogens is 1. The number of hydrogen-bond acceptors (Lipinski definition) is 4. The molecule has 1 saturated carbocycles. The zero-order valence-corrected chi connectivity index (χ0v) is 16.2. The van der Waals surface area contributed by atoms with E-state index in [-0.39, 0.29) is 11.8 Å². The molecule has 26 heavy (non-hydrogen) atoms. The van der Waals surface area contributed by atoms with Gasteiger partial charge in [-0.25, -0.2) is 4.79 Å². The summed E-state index contributed by atoms with van der Waals surface area (Å²) in [6.07, 6.45) is 4.31. The largest absolute Gasteiger partial charge is 0.619 e. The lowest BCUT2D eigenvalue weighted by Gasteiger charge is -2.26. The summed E-state index contributed by atoms with van der Waals surface area (Å²) in [6.45, 7) is 9.30. The minimum Gasteiger partial charge on any atom is -0.619 e. The second-order valence-electron chi connectivity index (χ2n) is 8.35. The van der Waals surface area contributed by atoms with Crippen LogP contribution in [0.4, 0.5) is 4.79 Å². The standard InChI is InChI=1S/C19H29N3O4/c1-13(2)11-15(20-17(24)26-18(3,4)5)16(23)21-19(8-9-19)14-7-6-10-22(25)12-14/h6-7,10,12-13,15H,8-9,11H2,1-5H3,(H,20,24)(H,21,23). The molecule has 144 valence electrons. The van der Waals surface area contributed by atoms with Crippen LogP contribution in [0.15, 0.2) is 24.5 Å². The maximum atomic E-state index is 12.8. The van der Waals surface area contributed by atoms with Gasteiger partial charge in [0.15, 0.2) is 12.4 Å². The molecule has 2 amide bonds. The Bertz CT molecular complexity index is 663. The summed E-state index contributed by atoms with van der Waals surface area (Å²) < 4.78 is 6.00. The molecule has 0 radical (unpaired) electrons. The Labute approximate surface area is 154 Å². The van der Waals surface area contributed by atoms with Crippen LogP contribution in [0, 0.1) is 11.1 Å². The van der Waals surface area contributed by atoms with Crippen LogP contribution in [0.5, 0.6) is 0 Å². The first kappa shape index (κ1) is 20.0. The number of hydrogen-bond donors (Lipinski definition) is 2. The third-order valence-corrected chi connectivity index (χ3v) is 4.15. The number of pyridine rings is 1. The fourth-order valence-electron chi connectivity index (χ4n) is 2.82. The molecule has 7 heteroatoms. The Morgan fingerprint density at radius 1 is 1.35 bits per heavy atom. The van der Waals surface area contributed by atoms with Gasteiger partial charge in [-0.05, 0) is 52.0 Å². The normalized spacial score (nSPS) is 16.7. The molecule has 1 aromatic rings. The van der Waals surface area contributed by atoms with Crippen LogP contribution in [-0.4, -0.2) is 23.6 Å². The maximum absolute atomic E-state index is 12.8. The summed E-state index contributed by atoms with van der Waals surface area (Å²) in [5, 5.41) is 17.2. The van der Waals surface area contributed by atoms with Crippen molar-refractivity contribution in [3.8, 4) is 0 Å². The number of carbonyl (C=O) groups is 2. The van der Waals surface area contributed by atoms with Gasteiger partial charge in [0.1, 0.15) is 11.6 Å². The number of carbonyl (C=O) groups excluding carboxylic acids is 2. The molecular weight excluding hydrogens is 334 g/mol. The SMILES string of the molecule is CC(C)CC(NC(=O)OC(C)(C)C)C(=O)NC1(c2ccc[n+]([O-])c2)CC1. The summed E-state index contributed by atoms with van der Waals surface area (Å²) in [5.74, 6) is -0.0419. The van der Waals surface area contributed by atoms with Gasteiger partial charge in [-0.1, -0.05) is 13.8 Å². The Morgan fingerprint density at radius 3 is 2.50 bits per heavy atom. The highest BCUT2D eigenvalue weighted by molar-refractivity contribution is 5.86. The number of amides is 2. The van der Waals surface area contributed by atoms with Crippen LogP contribution in [0.25, 0.3) is 0 Å². The molecule has 0 aliphatic heterocycles. The van der Waals surface area contributed by atoms with Gasteiger partial charge >= 0.3 is 6.09 Å². The lowest BCUT2D eigenvalue weighted by molar-refractivity contribution is -0.606. The van der Waals surface area contributed by atoms with Gasteiger partial charge in [0, 0.05) is 11.6 Å². The van der Waals surface area contributed by atoms with E-state index in [4.69, 9.17) is 4.74 Å². The molecular formula is C19H29N3O4. The van der Waals surface area contributed by atoms with Crippen LogP contribution >= 0.6 is 0 Å². The Balaban J connectivity index is 2.08. The van der Waals surface area contributed by atoms with Crippen LogP contribution in [0.3, 0.4) is 0 Å². The van der Waals surface area contributed by atoms with Gasteiger partial charge in [-0.2, -0.15) is 4.73 Å². The monoisotopic (exact) mass is 363 g/mol. The molecule has 0 bridgehead atoms. The first-order chi connectivity index (χ1) is 12.0. The van der Waals surface area contributed by atoms with Crippen LogP contribution in [0.2, 0.25) is 0 Å². The van der Waals surface area contributed by atoms with Crippen LogP contribution < -0.4 is 15.4 Å². The van der Waals surface area contributed by atoms with E-state index in [1.807, 2.05) is 19.9 Å². The predicted octanol–water partition coefficient (Wildman–Crippen LogP) is 2.36. The van der Waals surface area contributed by atoms with E-state index in [2.05, 4.69) is 10.6 Å². The third kappa shape index (κ3) is 5.61. The van der Waals surface area contributed by atoms with Crippen molar-refractivity contribution in [2.75, 3.05) is 0 Å². The van der Waals surface area contributed by atoms with E-state index < -0.39 is 23.3 Å². The van der Waals surface area contributed by atoms with Gasteiger partial charge in [0.2, 0.25) is 5.91 Å². The summed E-state index contributed by atoms with van der Waals surface area (Å²) >= 11 is 0. The summed E-state index contributed by atoms with van der Waals surface area (Å²) in [5.41, 5.74) is -0.370. The molecule has 1 heterocycles. The second kappa shape index (κ2) is 7.51. The molecule has 2 N–H and O–H groups in total. The first-order valence-corrected chi connectivity index (χ1v) is 9.02. The number of nitrogens with one attached hydrogen (secondary N) is 2. The summed E-state index contributed by atoms with van der Waals surface area (Å²) in [6, 6.07) is 2.81. The van der Waals surface area contributed by atoms with Crippen molar-refractivity contribution >= 4 is 12.0 Å². The molecule has 1 atom stereocenters. The number of nitrogens with zero attached hydrogens (tertiary/aromatic N) is 1. The Morgan fingerprint density at radius 2 is 2.00 bits per heavy atom. The molecule has 1 aromatic heterocycles. The minimum atomic E-state index is -0.689. The van der Waals surface area contributed by atoms with Crippen LogP contribution in [0.1, 0.15) is 59.4 Å². The quantitative estimate of drug-likeness (QED) is 0.599. The smallest absolute Gasteiger partial charge is 0.408 e. The van der Waals surface area contributed by atoms with E-state index >= 15 is 0 Å². The van der Waals surface area contributed by atoms with Crippen molar-refractivity contribution in [3.63, 3.8) is 0 Å². The van der Waals surface area contributed by atoms with Crippen molar-refractivity contribution in [1.29, 1.82) is 0 Å². The highest BCUT2D eigenvalue weighted by Crippen LogP contribution is 2.45. The van der Waals surface area contributed by atoms with Gasteiger partial charge in [-0.3, -0.25) is 4.79 Å². The van der Waals surface area contributed by atoms with E-state index in [0.29, 0.717) is 6.42 Å². The molecule has 0 spiro atoms. The molecule has 7 nitrogen and oxygen atoms in total. The van der Waals surface area contributed by atoms with Gasteiger partial charge in [0.25, 0.3) is 0 Å². The van der Waals surface area contributed by atoms with Crippen molar-refractivity contribution in [1.82, 2.24) is 10.6 Å². The van der Waals surface area contributed by atoms with Gasteiger partial charge in [-0.15, -0.1) is 0 Å². The molecule has 2 rings (SSSR count). The fraction of sp³-hybridized carbons (Fsp3) is 0.632. The third-order valence-electron chi connectivity index (χ3n) is 4.15.